The number of thiophene rings is 1. The van der Waals surface area contributed by atoms with Crippen molar-refractivity contribution in [3.05, 3.63) is 45.8 Å². The molecule has 0 bridgehead atoms. The molecule has 3 heterocycles. The van der Waals surface area contributed by atoms with Crippen LogP contribution in [0.1, 0.15) is 74.0 Å². The summed E-state index contributed by atoms with van der Waals surface area (Å²) in [6.45, 7) is -1.23. The maximum Gasteiger partial charge on any atom is 0.306 e. The second-order valence-corrected chi connectivity index (χ2v) is 16.7. The third-order valence-electron chi connectivity index (χ3n) is 10.7. The van der Waals surface area contributed by atoms with Gasteiger partial charge >= 0.3 is 11.9 Å². The first kappa shape index (κ1) is 51.3. The first-order chi connectivity index (χ1) is 32.8. The number of aliphatic hydroxyl groups excluding tert-OH is 5. The zero-order valence-electron chi connectivity index (χ0n) is 38.2. The average molecular weight is 984 g/mol. The Hall–Kier alpha value is -6.05. The third kappa shape index (κ3) is 13.3. The van der Waals surface area contributed by atoms with Crippen molar-refractivity contribution in [1.29, 1.82) is 0 Å². The Morgan fingerprint density at radius 3 is 2.15 bits per heavy atom. The number of amides is 4. The molecule has 2 aliphatic heterocycles. The number of halogens is 2. The summed E-state index contributed by atoms with van der Waals surface area (Å²) in [6, 6.07) is 4.29. The molecule has 1 unspecified atom stereocenters. The third-order valence-corrected chi connectivity index (χ3v) is 11.8. The molecule has 6 atom stereocenters. The lowest BCUT2D eigenvalue weighted by Gasteiger charge is -2.25. The molecule has 0 spiro atoms. The van der Waals surface area contributed by atoms with Crippen LogP contribution in [0.2, 0.25) is 0 Å². The lowest BCUT2D eigenvalue weighted by atomic mass is 10.0. The fourth-order valence-electron chi connectivity index (χ4n) is 6.94. The van der Waals surface area contributed by atoms with Crippen LogP contribution in [0.4, 0.5) is 8.78 Å². The quantitative estimate of drug-likeness (QED) is 0.0281. The number of nitrogens with zero attached hydrogens (tertiary/aromatic N) is 2. The number of nitrogens with one attached hydrogen (secondary N) is 1. The Morgan fingerprint density at radius 2 is 1.50 bits per heavy atom. The minimum atomic E-state index is -1.94. The fourth-order valence-corrected chi connectivity index (χ4v) is 7.99. The molecule has 4 amide bonds. The molecule has 21 nitrogen and oxygen atoms in total. The number of likely N-dealkylation sites (tertiary alicyclic amines) is 1. The highest BCUT2D eigenvalue weighted by molar-refractivity contribution is 7.20. The van der Waals surface area contributed by atoms with Gasteiger partial charge in [-0.15, -0.1) is 11.3 Å². The van der Waals surface area contributed by atoms with E-state index in [9.17, 15) is 54.0 Å². The SMILES string of the molecule is [3H]C1CC(=O)N(CC(=O)NC[C@H](C)OC(=O)CCC(=O)N2Cc3cc(OC)c(OCCCOc4c(OC)cc5sc(C(=O)CCC(=O)OC[C@@H](O)[C@@H](O)[C@H](O)[C@H](O)CO)cc5c4F)c(F)c3C2)C1=O. The molecule has 6 N–H and O–H groups in total. The highest BCUT2D eigenvalue weighted by atomic mass is 32.1. The van der Waals surface area contributed by atoms with Crippen molar-refractivity contribution in [2.45, 2.75) is 95.5 Å². The van der Waals surface area contributed by atoms with Crippen LogP contribution in [-0.2, 0) is 51.3 Å². The molecule has 68 heavy (non-hydrogen) atoms. The number of carbonyl (C=O) groups excluding carboxylic acids is 7. The number of rotatable bonds is 26. The molecule has 1 fully saturated rings. The van der Waals surface area contributed by atoms with Gasteiger partial charge in [0.25, 0.3) is 0 Å². The summed E-state index contributed by atoms with van der Waals surface area (Å²) in [7, 11) is 2.60. The standard InChI is InChI=1S/C44H53F2N3O18S/c1-22(16-47-33(54)19-49-35(56)6-7-36(49)57)67-38(59)10-8-34(55)48-17-23-13-29(62-2)43(40(46)25(23)18-48)64-11-4-12-65-44-30(63-3)15-31-24(39(44)45)14-32(68-31)26(51)5-9-37(58)66-21-28(53)42(61)41(60)27(52)20-50/h13-15,22,27-28,41-42,50,52-53,60-61H,4-12,16-21H2,1-3H3,(H,47,54)/t22-,27+,28+,41+,42+/m0/s1/i6T/t6?,22-,27+,28+,41+,42+. The lowest BCUT2D eigenvalue weighted by molar-refractivity contribution is -0.156. The Balaban J connectivity index is 1.06. The fraction of sp³-hybridized carbons (Fsp3) is 0.523. The first-order valence-corrected chi connectivity index (χ1v) is 22.1. The van der Waals surface area contributed by atoms with Crippen LogP contribution in [0.25, 0.3) is 10.1 Å². The van der Waals surface area contributed by atoms with Gasteiger partial charge in [0, 0.05) is 68.3 Å². The highest BCUT2D eigenvalue weighted by Gasteiger charge is 2.33. The number of carbonyl (C=O) groups is 7. The predicted molar refractivity (Wildman–Crippen MR) is 231 cm³/mol. The van der Waals surface area contributed by atoms with Crippen LogP contribution in [-0.4, -0.2) is 161 Å². The minimum Gasteiger partial charge on any atom is -0.493 e. The molecule has 1 saturated heterocycles. The van der Waals surface area contributed by atoms with Crippen LogP contribution in [0.15, 0.2) is 18.2 Å². The van der Waals surface area contributed by atoms with Gasteiger partial charge in [0.15, 0.2) is 40.4 Å². The summed E-state index contributed by atoms with van der Waals surface area (Å²) in [5, 5.41) is 50.3. The summed E-state index contributed by atoms with van der Waals surface area (Å²) in [5.74, 6) is -6.77. The van der Waals surface area contributed by atoms with Crippen LogP contribution < -0.4 is 24.3 Å². The lowest BCUT2D eigenvalue weighted by Crippen LogP contribution is -2.47. The maximum atomic E-state index is 15.9. The maximum absolute atomic E-state index is 15.9. The number of ether oxygens (including phenoxy) is 6. The van der Waals surface area contributed by atoms with Crippen molar-refractivity contribution in [2.75, 3.05) is 53.7 Å². The molecule has 24 heteroatoms. The van der Waals surface area contributed by atoms with Crippen LogP contribution in [0.5, 0.6) is 23.0 Å². The van der Waals surface area contributed by atoms with E-state index in [1.54, 1.807) is 0 Å². The van der Waals surface area contributed by atoms with Gasteiger partial charge in [-0.25, -0.2) is 8.78 Å². The normalized spacial score (nSPS) is 16.9. The molecule has 5 rings (SSSR count). The van der Waals surface area contributed by atoms with E-state index in [0.29, 0.717) is 15.2 Å². The Kier molecular flexibility index (Phi) is 18.3. The molecule has 372 valence electrons. The van der Waals surface area contributed by atoms with E-state index in [0.717, 1.165) is 11.3 Å². The molecule has 3 aromatic rings. The predicted octanol–water partition coefficient (Wildman–Crippen LogP) is 0.806. The number of Topliss-reactive ketones (excluding diaryl/α,β-unsaturated/α-hetero) is 1. The number of imide groups is 1. The van der Waals surface area contributed by atoms with Crippen molar-refractivity contribution >= 4 is 62.8 Å². The van der Waals surface area contributed by atoms with E-state index in [4.69, 9.17) is 34.9 Å². The van der Waals surface area contributed by atoms with E-state index < -0.39 is 116 Å². The Bertz CT molecular complexity index is 2410. The number of aliphatic hydroxyl groups is 5. The molecule has 0 radical (unpaired) electrons. The molecule has 2 aliphatic rings. The molecule has 1 aromatic heterocycles. The smallest absolute Gasteiger partial charge is 0.306 e. The van der Waals surface area contributed by atoms with Crippen molar-refractivity contribution in [2.24, 2.45) is 0 Å². The number of benzene rings is 2. The number of hydrogen-bond acceptors (Lipinski definition) is 19. The summed E-state index contributed by atoms with van der Waals surface area (Å²) in [4.78, 5) is 88.8. The summed E-state index contributed by atoms with van der Waals surface area (Å²) in [5.41, 5.74) is 0.635. The second kappa shape index (κ2) is 24.3. The van der Waals surface area contributed by atoms with Gasteiger partial charge in [0.2, 0.25) is 23.6 Å². The second-order valence-electron chi connectivity index (χ2n) is 15.6. The van der Waals surface area contributed by atoms with Gasteiger partial charge in [-0.2, -0.15) is 0 Å². The van der Waals surface area contributed by atoms with Crippen LogP contribution in [0, 0.1) is 11.6 Å². The van der Waals surface area contributed by atoms with Crippen molar-refractivity contribution in [1.82, 2.24) is 15.1 Å². The summed E-state index contributed by atoms with van der Waals surface area (Å²) >= 11 is 0.936. The Morgan fingerprint density at radius 1 is 0.853 bits per heavy atom. The van der Waals surface area contributed by atoms with Gasteiger partial charge in [0.1, 0.15) is 43.7 Å². The monoisotopic (exact) mass is 983 g/mol. The molecule has 0 saturated carbocycles. The number of fused-ring (bicyclic) bond motifs is 2. The first-order valence-electron chi connectivity index (χ1n) is 21.8. The van der Waals surface area contributed by atoms with Crippen LogP contribution in [0.3, 0.4) is 0 Å². The Labute approximate surface area is 392 Å². The number of methoxy groups -OCH3 is 2. The van der Waals surface area contributed by atoms with Gasteiger partial charge in [-0.1, -0.05) is 0 Å². The van der Waals surface area contributed by atoms with Crippen molar-refractivity contribution < 1.29 is 97.7 Å². The highest BCUT2D eigenvalue weighted by Crippen LogP contribution is 2.41. The number of ketones is 1. The number of esters is 2. The van der Waals surface area contributed by atoms with E-state index in [1.165, 1.54) is 44.2 Å². The van der Waals surface area contributed by atoms with Gasteiger partial charge in [-0.05, 0) is 24.6 Å². The summed E-state index contributed by atoms with van der Waals surface area (Å²) in [6.07, 6.45) is -11.0. The van der Waals surface area contributed by atoms with Gasteiger partial charge < -0.3 is 64.2 Å². The van der Waals surface area contributed by atoms with Crippen molar-refractivity contribution in [3.8, 4) is 23.0 Å². The number of hydrogen-bond donors (Lipinski definition) is 6. The van der Waals surface area contributed by atoms with Crippen molar-refractivity contribution in [3.63, 3.8) is 0 Å². The van der Waals surface area contributed by atoms with Gasteiger partial charge in [0.05, 0.1) is 58.3 Å². The molecular weight excluding hydrogens is 929 g/mol. The zero-order chi connectivity index (χ0) is 50.7. The molecular formula is C44H53F2N3O18S. The van der Waals surface area contributed by atoms with E-state index in [-0.39, 0.29) is 104 Å². The average Bonchev–Trinajstić information content (AvgIpc) is 4.03. The molecule has 2 aromatic carbocycles. The topological polar surface area (TPSA) is 295 Å². The van der Waals surface area contributed by atoms with E-state index in [2.05, 4.69) is 5.32 Å². The largest absolute Gasteiger partial charge is 0.493 e. The minimum absolute atomic E-state index is 0.0131. The van der Waals surface area contributed by atoms with Crippen LogP contribution >= 0.6 is 11.3 Å². The zero-order valence-corrected chi connectivity index (χ0v) is 38.0. The molecule has 0 aliphatic carbocycles. The van der Waals surface area contributed by atoms with Gasteiger partial charge in [-0.3, -0.25) is 38.5 Å². The van der Waals surface area contributed by atoms with E-state index >= 15 is 8.78 Å². The van der Waals surface area contributed by atoms with E-state index in [1.807, 2.05) is 0 Å². The summed E-state index contributed by atoms with van der Waals surface area (Å²) < 4.78 is 71.9.